The van der Waals surface area contributed by atoms with Gasteiger partial charge in [-0.15, -0.1) is 0 Å². The van der Waals surface area contributed by atoms with Gasteiger partial charge in [0.15, 0.2) is 0 Å². The lowest BCUT2D eigenvalue weighted by Crippen LogP contribution is -2.46. The van der Waals surface area contributed by atoms with E-state index in [0.717, 1.165) is 6.54 Å². The molecule has 0 heterocycles. The maximum Gasteiger partial charge on any atom is 0.0766 e. The van der Waals surface area contributed by atoms with E-state index in [1.165, 1.54) is 19.3 Å². The van der Waals surface area contributed by atoms with Crippen molar-refractivity contribution in [3.05, 3.63) is 0 Å². The molecule has 0 saturated heterocycles. The van der Waals surface area contributed by atoms with Crippen LogP contribution in [0.5, 0.6) is 0 Å². The Hall–Kier alpha value is -0.0800. The second kappa shape index (κ2) is 4.19. The molecule has 1 atom stereocenters. The Bertz CT molecular complexity index is 183. The van der Waals surface area contributed by atoms with Crippen LogP contribution in [0.4, 0.5) is 0 Å². The fourth-order valence-electron chi connectivity index (χ4n) is 1.78. The number of aliphatic hydroxyl groups is 1. The minimum Gasteiger partial charge on any atom is -0.389 e. The van der Waals surface area contributed by atoms with Crippen LogP contribution >= 0.6 is 0 Å². The van der Waals surface area contributed by atoms with Gasteiger partial charge in [0.1, 0.15) is 0 Å². The molecule has 0 aliphatic heterocycles. The van der Waals surface area contributed by atoms with Crippen LogP contribution in [-0.4, -0.2) is 23.8 Å². The van der Waals surface area contributed by atoms with Crippen molar-refractivity contribution in [1.82, 2.24) is 5.32 Å². The van der Waals surface area contributed by atoms with E-state index in [2.05, 4.69) is 26.1 Å². The van der Waals surface area contributed by atoms with Gasteiger partial charge >= 0.3 is 0 Å². The molecule has 84 valence electrons. The summed E-state index contributed by atoms with van der Waals surface area (Å²) in [5, 5.41) is 13.4. The standard InChI is InChI=1S/C12H25NO/c1-10(2)12(4,14)9-13-8-11(3)6-5-7-11/h10,13-14H,5-9H2,1-4H3. The van der Waals surface area contributed by atoms with Crippen LogP contribution in [0.15, 0.2) is 0 Å². The third-order valence-corrected chi connectivity index (χ3v) is 3.84. The number of nitrogens with one attached hydrogen (secondary N) is 1. The third-order valence-electron chi connectivity index (χ3n) is 3.84. The molecular formula is C12H25NO. The van der Waals surface area contributed by atoms with Gasteiger partial charge in [-0.2, -0.15) is 0 Å². The monoisotopic (exact) mass is 199 g/mol. The highest BCUT2D eigenvalue weighted by Crippen LogP contribution is 2.39. The van der Waals surface area contributed by atoms with Gasteiger partial charge in [-0.05, 0) is 31.1 Å². The van der Waals surface area contributed by atoms with E-state index in [-0.39, 0.29) is 0 Å². The van der Waals surface area contributed by atoms with Gasteiger partial charge in [0, 0.05) is 13.1 Å². The van der Waals surface area contributed by atoms with Crippen molar-refractivity contribution in [1.29, 1.82) is 0 Å². The summed E-state index contributed by atoms with van der Waals surface area (Å²) in [6.07, 6.45) is 4.05. The predicted octanol–water partition coefficient (Wildman–Crippen LogP) is 2.17. The first-order valence-electron chi connectivity index (χ1n) is 5.79. The van der Waals surface area contributed by atoms with Crippen LogP contribution in [0, 0.1) is 11.3 Å². The summed E-state index contributed by atoms with van der Waals surface area (Å²) < 4.78 is 0. The van der Waals surface area contributed by atoms with Gasteiger partial charge in [-0.1, -0.05) is 27.2 Å². The highest BCUT2D eigenvalue weighted by atomic mass is 16.3. The van der Waals surface area contributed by atoms with Crippen LogP contribution in [0.2, 0.25) is 0 Å². The molecule has 0 amide bonds. The molecule has 1 unspecified atom stereocenters. The Balaban J connectivity index is 2.20. The highest BCUT2D eigenvalue weighted by Gasteiger charge is 2.32. The Labute approximate surface area is 88.1 Å². The van der Waals surface area contributed by atoms with E-state index in [1.807, 2.05) is 6.92 Å². The van der Waals surface area contributed by atoms with Gasteiger partial charge in [-0.25, -0.2) is 0 Å². The second-order valence-electron chi connectivity index (χ2n) is 5.78. The van der Waals surface area contributed by atoms with Crippen molar-refractivity contribution < 1.29 is 5.11 Å². The predicted molar refractivity (Wildman–Crippen MR) is 60.3 cm³/mol. The summed E-state index contributed by atoms with van der Waals surface area (Å²) in [5.74, 6) is 0.309. The summed E-state index contributed by atoms with van der Waals surface area (Å²) in [6, 6.07) is 0. The van der Waals surface area contributed by atoms with E-state index in [1.54, 1.807) is 0 Å². The first-order valence-corrected chi connectivity index (χ1v) is 5.79. The van der Waals surface area contributed by atoms with Gasteiger partial charge < -0.3 is 10.4 Å². The summed E-state index contributed by atoms with van der Waals surface area (Å²) in [5.41, 5.74) is -0.0623. The molecule has 2 heteroatoms. The minimum atomic E-state index is -0.569. The van der Waals surface area contributed by atoms with Gasteiger partial charge in [-0.3, -0.25) is 0 Å². The largest absolute Gasteiger partial charge is 0.389 e. The highest BCUT2D eigenvalue weighted by molar-refractivity contribution is 4.87. The summed E-state index contributed by atoms with van der Waals surface area (Å²) in [7, 11) is 0. The van der Waals surface area contributed by atoms with Crippen LogP contribution < -0.4 is 5.32 Å². The molecule has 0 aromatic rings. The van der Waals surface area contributed by atoms with Gasteiger partial charge in [0.05, 0.1) is 5.60 Å². The molecule has 1 aliphatic carbocycles. The number of rotatable bonds is 5. The molecule has 14 heavy (non-hydrogen) atoms. The molecule has 0 bridgehead atoms. The Morgan fingerprint density at radius 1 is 1.43 bits per heavy atom. The molecule has 1 aliphatic rings. The molecule has 1 rings (SSSR count). The van der Waals surface area contributed by atoms with E-state index in [4.69, 9.17) is 0 Å². The van der Waals surface area contributed by atoms with Crippen molar-refractivity contribution in [2.45, 2.75) is 52.6 Å². The lowest BCUT2D eigenvalue weighted by atomic mass is 9.70. The molecule has 2 nitrogen and oxygen atoms in total. The lowest BCUT2D eigenvalue weighted by molar-refractivity contribution is 0.00967. The Kier molecular flexibility index (Phi) is 3.59. The molecule has 1 saturated carbocycles. The molecular weight excluding hydrogens is 174 g/mol. The van der Waals surface area contributed by atoms with Crippen LogP contribution in [0.3, 0.4) is 0 Å². The van der Waals surface area contributed by atoms with Crippen molar-refractivity contribution in [2.75, 3.05) is 13.1 Å². The maximum atomic E-state index is 10.0. The lowest BCUT2D eigenvalue weighted by Gasteiger charge is -2.39. The van der Waals surface area contributed by atoms with E-state index in [9.17, 15) is 5.11 Å². The molecule has 2 N–H and O–H groups in total. The first kappa shape index (κ1) is 12.0. The van der Waals surface area contributed by atoms with Gasteiger partial charge in [0.25, 0.3) is 0 Å². The van der Waals surface area contributed by atoms with Crippen LogP contribution in [0.25, 0.3) is 0 Å². The first-order chi connectivity index (χ1) is 6.36. The smallest absolute Gasteiger partial charge is 0.0766 e. The fourth-order valence-corrected chi connectivity index (χ4v) is 1.78. The quantitative estimate of drug-likeness (QED) is 0.711. The summed E-state index contributed by atoms with van der Waals surface area (Å²) in [4.78, 5) is 0. The molecule has 0 aromatic heterocycles. The number of hydrogen-bond acceptors (Lipinski definition) is 2. The van der Waals surface area contributed by atoms with Crippen molar-refractivity contribution >= 4 is 0 Å². The van der Waals surface area contributed by atoms with Crippen LogP contribution in [-0.2, 0) is 0 Å². The Morgan fingerprint density at radius 2 is 2.00 bits per heavy atom. The minimum absolute atomic E-state index is 0.309. The maximum absolute atomic E-state index is 10.0. The summed E-state index contributed by atoms with van der Waals surface area (Å²) in [6.45, 7) is 10.1. The van der Waals surface area contributed by atoms with E-state index >= 15 is 0 Å². The van der Waals surface area contributed by atoms with Gasteiger partial charge in [0.2, 0.25) is 0 Å². The van der Waals surface area contributed by atoms with Crippen molar-refractivity contribution in [3.8, 4) is 0 Å². The molecule has 0 aromatic carbocycles. The normalized spacial score (nSPS) is 24.4. The number of hydrogen-bond donors (Lipinski definition) is 2. The van der Waals surface area contributed by atoms with Crippen LogP contribution in [0.1, 0.15) is 47.0 Å². The average Bonchev–Trinajstić information content (AvgIpc) is 2.00. The molecule has 1 fully saturated rings. The van der Waals surface area contributed by atoms with E-state index < -0.39 is 5.60 Å². The Morgan fingerprint density at radius 3 is 2.36 bits per heavy atom. The second-order valence-corrected chi connectivity index (χ2v) is 5.78. The SMILES string of the molecule is CC(C)C(C)(O)CNCC1(C)CCC1. The topological polar surface area (TPSA) is 32.3 Å². The summed E-state index contributed by atoms with van der Waals surface area (Å²) >= 11 is 0. The third kappa shape index (κ3) is 2.96. The zero-order valence-corrected chi connectivity index (χ0v) is 10.1. The zero-order chi connectivity index (χ0) is 10.8. The van der Waals surface area contributed by atoms with Crippen molar-refractivity contribution in [3.63, 3.8) is 0 Å². The average molecular weight is 199 g/mol. The van der Waals surface area contributed by atoms with Crippen molar-refractivity contribution in [2.24, 2.45) is 11.3 Å². The van der Waals surface area contributed by atoms with E-state index in [0.29, 0.717) is 17.9 Å². The molecule has 0 spiro atoms. The molecule has 0 radical (unpaired) electrons. The fraction of sp³-hybridized carbons (Fsp3) is 1.00. The zero-order valence-electron chi connectivity index (χ0n) is 10.1.